The van der Waals surface area contributed by atoms with E-state index >= 15 is 0 Å². The first kappa shape index (κ1) is 14.5. The predicted octanol–water partition coefficient (Wildman–Crippen LogP) is 0.450. The van der Waals surface area contributed by atoms with E-state index < -0.39 is 18.2 Å². The van der Waals surface area contributed by atoms with Gasteiger partial charge in [0, 0.05) is 24.7 Å². The number of aliphatic hydroxyl groups excluding tert-OH is 2. The molecule has 0 saturated heterocycles. The molecule has 0 aliphatic carbocycles. The van der Waals surface area contributed by atoms with Crippen LogP contribution in [0.25, 0.3) is 0 Å². The van der Waals surface area contributed by atoms with Gasteiger partial charge in [-0.25, -0.2) is 4.98 Å². The summed E-state index contributed by atoms with van der Waals surface area (Å²) in [6.07, 6.45) is -1.98. The van der Waals surface area contributed by atoms with Crippen LogP contribution < -0.4 is 5.32 Å². The number of amides is 1. The van der Waals surface area contributed by atoms with E-state index in [-0.39, 0.29) is 18.9 Å². The molecule has 5 nitrogen and oxygen atoms in total. The number of aryl methyl sites for hydroxylation is 1. The molecule has 1 amide bonds. The number of hydrogen-bond donors (Lipinski definition) is 3. The predicted molar refractivity (Wildman–Crippen MR) is 63.2 cm³/mol. The molecule has 6 heteroatoms. The van der Waals surface area contributed by atoms with Crippen LogP contribution in [-0.2, 0) is 4.79 Å². The Balaban J connectivity index is 2.62. The molecule has 0 fully saturated rings. The number of carbonyl (C=O) groups excluding carboxylic acids is 1. The molecule has 0 bridgehead atoms. The van der Waals surface area contributed by atoms with Crippen LogP contribution in [0.3, 0.4) is 0 Å². The van der Waals surface area contributed by atoms with Gasteiger partial charge in [-0.3, -0.25) is 4.79 Å². The first-order valence-electron chi connectivity index (χ1n) is 5.65. The quantitative estimate of drug-likeness (QED) is 0.668. The maximum Gasteiger partial charge on any atom is 0.216 e. The summed E-state index contributed by atoms with van der Waals surface area (Å²) in [5.41, 5.74) is 0.716. The Morgan fingerprint density at radius 2 is 2.17 bits per heavy atom. The Hall–Kier alpha value is -1.53. The Kier molecular flexibility index (Phi) is 5.18. The zero-order valence-electron chi connectivity index (χ0n) is 10.4. The molecule has 100 valence electrons. The lowest BCUT2D eigenvalue weighted by Crippen LogP contribution is -2.28. The summed E-state index contributed by atoms with van der Waals surface area (Å²) < 4.78 is 12.8. The zero-order chi connectivity index (χ0) is 13.7. The lowest BCUT2D eigenvalue weighted by Gasteiger charge is -2.19. The van der Waals surface area contributed by atoms with E-state index in [1.54, 1.807) is 6.92 Å². The van der Waals surface area contributed by atoms with Crippen molar-refractivity contribution in [2.45, 2.75) is 32.5 Å². The summed E-state index contributed by atoms with van der Waals surface area (Å²) in [6, 6.07) is 2.52. The molecule has 2 atom stereocenters. The summed E-state index contributed by atoms with van der Waals surface area (Å²) in [4.78, 5) is 14.2. The zero-order valence-corrected chi connectivity index (χ0v) is 10.4. The number of halogens is 1. The SMILES string of the molecule is CC(=O)NCCC(O)C(O)c1ccc(F)nc1C. The van der Waals surface area contributed by atoms with Crippen LogP contribution in [0.15, 0.2) is 12.1 Å². The summed E-state index contributed by atoms with van der Waals surface area (Å²) in [5, 5.41) is 22.2. The van der Waals surface area contributed by atoms with Crippen molar-refractivity contribution in [2.75, 3.05) is 6.54 Å². The maximum atomic E-state index is 12.8. The Morgan fingerprint density at radius 1 is 1.50 bits per heavy atom. The monoisotopic (exact) mass is 256 g/mol. The van der Waals surface area contributed by atoms with Crippen LogP contribution in [0.5, 0.6) is 0 Å². The van der Waals surface area contributed by atoms with Crippen LogP contribution >= 0.6 is 0 Å². The van der Waals surface area contributed by atoms with Gasteiger partial charge >= 0.3 is 0 Å². The summed E-state index contributed by atoms with van der Waals surface area (Å²) >= 11 is 0. The van der Waals surface area contributed by atoms with Crippen molar-refractivity contribution in [3.63, 3.8) is 0 Å². The second kappa shape index (κ2) is 6.42. The lowest BCUT2D eigenvalue weighted by atomic mass is 10.0. The summed E-state index contributed by atoms with van der Waals surface area (Å²) in [6.45, 7) is 3.19. The molecular formula is C12H17FN2O3. The smallest absolute Gasteiger partial charge is 0.216 e. The van der Waals surface area contributed by atoms with Gasteiger partial charge in [-0.15, -0.1) is 0 Å². The number of rotatable bonds is 5. The third-order valence-electron chi connectivity index (χ3n) is 2.59. The van der Waals surface area contributed by atoms with Crippen LogP contribution in [-0.4, -0.2) is 33.8 Å². The summed E-state index contributed by atoms with van der Waals surface area (Å²) in [5.74, 6) is -0.826. The van der Waals surface area contributed by atoms with Crippen LogP contribution in [0.1, 0.15) is 30.7 Å². The normalized spacial score (nSPS) is 14.1. The fourth-order valence-electron chi connectivity index (χ4n) is 1.62. The van der Waals surface area contributed by atoms with Crippen LogP contribution in [0.2, 0.25) is 0 Å². The van der Waals surface area contributed by atoms with Gasteiger partial charge in [-0.05, 0) is 25.5 Å². The second-order valence-corrected chi connectivity index (χ2v) is 4.09. The molecule has 2 unspecified atom stereocenters. The molecule has 0 aliphatic rings. The first-order valence-corrected chi connectivity index (χ1v) is 5.65. The minimum atomic E-state index is -1.15. The van der Waals surface area contributed by atoms with Crippen molar-refractivity contribution in [1.82, 2.24) is 10.3 Å². The van der Waals surface area contributed by atoms with E-state index in [0.717, 1.165) is 6.07 Å². The number of carbonyl (C=O) groups is 1. The van der Waals surface area contributed by atoms with E-state index in [2.05, 4.69) is 10.3 Å². The third-order valence-corrected chi connectivity index (χ3v) is 2.59. The fraction of sp³-hybridized carbons (Fsp3) is 0.500. The van der Waals surface area contributed by atoms with Crippen molar-refractivity contribution in [1.29, 1.82) is 0 Å². The molecule has 0 radical (unpaired) electrons. The lowest BCUT2D eigenvalue weighted by molar-refractivity contribution is -0.119. The Bertz CT molecular complexity index is 426. The van der Waals surface area contributed by atoms with E-state index in [0.29, 0.717) is 11.3 Å². The number of nitrogens with one attached hydrogen (secondary N) is 1. The molecule has 18 heavy (non-hydrogen) atoms. The molecule has 0 aromatic carbocycles. The molecule has 1 rings (SSSR count). The molecule has 0 spiro atoms. The standard InChI is InChI=1S/C12H17FN2O3/c1-7-9(3-4-11(13)15-7)12(18)10(17)5-6-14-8(2)16/h3-4,10,12,17-18H,5-6H2,1-2H3,(H,14,16). The highest BCUT2D eigenvalue weighted by molar-refractivity contribution is 5.72. The number of nitrogens with zero attached hydrogens (tertiary/aromatic N) is 1. The highest BCUT2D eigenvalue weighted by atomic mass is 19.1. The minimum absolute atomic E-state index is 0.198. The molecule has 1 aromatic rings. The number of hydrogen-bond acceptors (Lipinski definition) is 4. The molecule has 3 N–H and O–H groups in total. The Morgan fingerprint density at radius 3 is 2.72 bits per heavy atom. The van der Waals surface area contributed by atoms with Gasteiger partial charge in [-0.2, -0.15) is 4.39 Å². The van der Waals surface area contributed by atoms with Gasteiger partial charge in [0.1, 0.15) is 6.10 Å². The molecule has 1 aromatic heterocycles. The molecular weight excluding hydrogens is 239 g/mol. The van der Waals surface area contributed by atoms with Crippen molar-refractivity contribution in [2.24, 2.45) is 0 Å². The third kappa shape index (κ3) is 4.05. The number of pyridine rings is 1. The van der Waals surface area contributed by atoms with E-state index in [4.69, 9.17) is 0 Å². The van der Waals surface area contributed by atoms with Crippen molar-refractivity contribution >= 4 is 5.91 Å². The van der Waals surface area contributed by atoms with E-state index in [1.807, 2.05) is 0 Å². The van der Waals surface area contributed by atoms with Crippen LogP contribution in [0.4, 0.5) is 4.39 Å². The average Bonchev–Trinajstić information content (AvgIpc) is 2.27. The first-order chi connectivity index (χ1) is 8.41. The van der Waals surface area contributed by atoms with Crippen molar-refractivity contribution in [3.05, 3.63) is 29.3 Å². The number of aliphatic hydroxyl groups is 2. The van der Waals surface area contributed by atoms with Gasteiger partial charge in [0.25, 0.3) is 0 Å². The average molecular weight is 256 g/mol. The van der Waals surface area contributed by atoms with Crippen LogP contribution in [0, 0.1) is 12.9 Å². The Labute approximate surface area is 105 Å². The fourth-order valence-corrected chi connectivity index (χ4v) is 1.62. The van der Waals surface area contributed by atoms with Gasteiger partial charge in [0.2, 0.25) is 11.9 Å². The largest absolute Gasteiger partial charge is 0.390 e. The molecule has 0 aliphatic heterocycles. The minimum Gasteiger partial charge on any atom is -0.390 e. The maximum absolute atomic E-state index is 12.8. The highest BCUT2D eigenvalue weighted by Gasteiger charge is 2.20. The molecule has 0 saturated carbocycles. The van der Waals surface area contributed by atoms with Gasteiger partial charge < -0.3 is 15.5 Å². The topological polar surface area (TPSA) is 82.5 Å². The summed E-state index contributed by atoms with van der Waals surface area (Å²) in [7, 11) is 0. The van der Waals surface area contributed by atoms with E-state index in [9.17, 15) is 19.4 Å². The molecule has 1 heterocycles. The van der Waals surface area contributed by atoms with E-state index in [1.165, 1.54) is 13.0 Å². The van der Waals surface area contributed by atoms with Gasteiger partial charge in [0.15, 0.2) is 0 Å². The highest BCUT2D eigenvalue weighted by Crippen LogP contribution is 2.21. The van der Waals surface area contributed by atoms with Crippen molar-refractivity contribution < 1.29 is 19.4 Å². The second-order valence-electron chi connectivity index (χ2n) is 4.09. The van der Waals surface area contributed by atoms with Gasteiger partial charge in [0.05, 0.1) is 6.10 Å². The number of aromatic nitrogens is 1. The van der Waals surface area contributed by atoms with Crippen molar-refractivity contribution in [3.8, 4) is 0 Å². The van der Waals surface area contributed by atoms with Gasteiger partial charge in [-0.1, -0.05) is 0 Å².